The standard InChI is InChI=1S/C44H56O7/c1-26(2)20-34(45)22-30(7)14-10-12-28(5)17-19-37-42(49)40(32(9)41(48)43(37)50)44-33(25-35(51-44)21-27(3)4)15-11-13-29(6)16-18-36-38(46)23-31(8)24-39(36)47/h14,16-17,20-21,23-25,34,45-47,49H,10-13,15,18-19,22H2,1-9H3/t34-/m0/s1. The lowest BCUT2D eigenvalue weighted by Gasteiger charge is -2.19. The van der Waals surface area contributed by atoms with Crippen molar-refractivity contribution >= 4 is 23.2 Å². The number of aryl methyl sites for hydroxylation is 2. The predicted octanol–water partition coefficient (Wildman–Crippen LogP) is 10.5. The second-order valence-electron chi connectivity index (χ2n) is 14.5. The quantitative estimate of drug-likeness (QED) is 0.0781. The zero-order valence-electron chi connectivity index (χ0n) is 31.9. The number of hydrogen-bond donors (Lipinski definition) is 4. The Kier molecular flexibility index (Phi) is 14.9. The van der Waals surface area contributed by atoms with Crippen molar-refractivity contribution in [2.24, 2.45) is 0 Å². The van der Waals surface area contributed by atoms with Gasteiger partial charge in [-0.3, -0.25) is 9.59 Å². The summed E-state index contributed by atoms with van der Waals surface area (Å²) in [5, 5.41) is 42.3. The molecule has 1 heterocycles. The topological polar surface area (TPSA) is 128 Å². The predicted molar refractivity (Wildman–Crippen MR) is 207 cm³/mol. The van der Waals surface area contributed by atoms with Gasteiger partial charge in [-0.2, -0.15) is 0 Å². The van der Waals surface area contributed by atoms with Gasteiger partial charge in [0.15, 0.2) is 0 Å². The zero-order chi connectivity index (χ0) is 38.0. The van der Waals surface area contributed by atoms with E-state index < -0.39 is 17.7 Å². The molecule has 274 valence electrons. The van der Waals surface area contributed by atoms with Crippen molar-refractivity contribution in [2.45, 2.75) is 120 Å². The Labute approximate surface area is 303 Å². The molecule has 1 aromatic heterocycles. The maximum Gasteiger partial charge on any atom is 0.233 e. The zero-order valence-corrected chi connectivity index (χ0v) is 31.9. The summed E-state index contributed by atoms with van der Waals surface area (Å²) in [6, 6.07) is 5.20. The van der Waals surface area contributed by atoms with Gasteiger partial charge in [-0.05, 0) is 149 Å². The highest BCUT2D eigenvalue weighted by Crippen LogP contribution is 2.38. The number of phenols is 2. The molecule has 7 nitrogen and oxygen atoms in total. The Bertz CT molecular complexity index is 1820. The summed E-state index contributed by atoms with van der Waals surface area (Å²) in [5.74, 6) is -0.437. The highest BCUT2D eigenvalue weighted by atomic mass is 16.3. The van der Waals surface area contributed by atoms with Crippen LogP contribution in [0.4, 0.5) is 0 Å². The third-order valence-electron chi connectivity index (χ3n) is 8.97. The van der Waals surface area contributed by atoms with Crippen molar-refractivity contribution in [3.8, 4) is 11.5 Å². The fourth-order valence-electron chi connectivity index (χ4n) is 6.23. The largest absolute Gasteiger partial charge is 0.508 e. The number of hydrogen-bond acceptors (Lipinski definition) is 7. The van der Waals surface area contributed by atoms with Crippen LogP contribution in [-0.4, -0.2) is 38.1 Å². The van der Waals surface area contributed by atoms with Gasteiger partial charge in [-0.25, -0.2) is 0 Å². The number of aliphatic hydroxyl groups excluding tert-OH is 2. The van der Waals surface area contributed by atoms with Crippen LogP contribution in [0, 0.1) is 6.92 Å². The fraction of sp³-hybridized carbons (Fsp3) is 0.409. The minimum absolute atomic E-state index is 0.0593. The van der Waals surface area contributed by atoms with Crippen molar-refractivity contribution in [2.75, 3.05) is 0 Å². The van der Waals surface area contributed by atoms with E-state index >= 15 is 0 Å². The number of aliphatic hydroxyl groups is 2. The molecule has 2 aromatic rings. The van der Waals surface area contributed by atoms with Crippen molar-refractivity contribution in [3.63, 3.8) is 0 Å². The van der Waals surface area contributed by atoms with E-state index in [-0.39, 0.29) is 40.4 Å². The molecule has 0 saturated carbocycles. The molecule has 1 aliphatic carbocycles. The number of allylic oxidation sites excluding steroid dienone is 10. The van der Waals surface area contributed by atoms with Crippen LogP contribution in [0.25, 0.3) is 11.6 Å². The fourth-order valence-corrected chi connectivity index (χ4v) is 6.23. The number of Topliss-reactive ketones (excluding diaryl/α,β-unsaturated/α-hetero) is 2. The molecule has 0 amide bonds. The number of ketones is 2. The first kappa shape index (κ1) is 40.8. The molecule has 0 bridgehead atoms. The average molecular weight is 697 g/mol. The lowest BCUT2D eigenvalue weighted by Crippen LogP contribution is -2.25. The maximum absolute atomic E-state index is 13.3. The SMILES string of the molecule is CC(C)=Cc1cc(CCCC(C)=CCc2c(O)cc(C)cc2O)c(C2=C(C)C(=O)C(=O)C(CC=C(C)CCC=C(C)C[C@@H](O)C=C(C)C)=C2O)o1. The minimum Gasteiger partial charge on any atom is -0.508 e. The highest BCUT2D eigenvalue weighted by molar-refractivity contribution is 6.52. The van der Waals surface area contributed by atoms with Gasteiger partial charge in [0.25, 0.3) is 0 Å². The number of carbonyl (C=O) groups excluding carboxylic acids is 2. The minimum atomic E-state index is -0.703. The number of aromatic hydroxyl groups is 2. The molecule has 0 aliphatic heterocycles. The first-order chi connectivity index (χ1) is 24.0. The van der Waals surface area contributed by atoms with Gasteiger partial charge in [-0.15, -0.1) is 0 Å². The monoisotopic (exact) mass is 696 g/mol. The molecular weight excluding hydrogens is 640 g/mol. The Morgan fingerprint density at radius 2 is 1.41 bits per heavy atom. The number of phenolic OH excluding ortho intramolecular Hbond substituents is 2. The molecule has 0 unspecified atom stereocenters. The van der Waals surface area contributed by atoms with Gasteiger partial charge >= 0.3 is 0 Å². The molecule has 4 N–H and O–H groups in total. The normalized spacial score (nSPS) is 15.1. The van der Waals surface area contributed by atoms with E-state index in [1.54, 1.807) is 19.1 Å². The van der Waals surface area contributed by atoms with Crippen LogP contribution in [0.1, 0.15) is 122 Å². The summed E-state index contributed by atoms with van der Waals surface area (Å²) >= 11 is 0. The molecular formula is C44H56O7. The maximum atomic E-state index is 13.3. The van der Waals surface area contributed by atoms with Gasteiger partial charge in [0.05, 0.1) is 11.7 Å². The van der Waals surface area contributed by atoms with E-state index in [0.717, 1.165) is 64.7 Å². The lowest BCUT2D eigenvalue weighted by molar-refractivity contribution is -0.132. The molecule has 0 saturated heterocycles. The van der Waals surface area contributed by atoms with Gasteiger partial charge in [0, 0.05) is 16.7 Å². The summed E-state index contributed by atoms with van der Waals surface area (Å²) in [6.45, 7) is 17.2. The summed E-state index contributed by atoms with van der Waals surface area (Å²) < 4.78 is 6.28. The van der Waals surface area contributed by atoms with Crippen molar-refractivity contribution < 1.29 is 34.4 Å². The van der Waals surface area contributed by atoms with E-state index in [1.807, 2.05) is 85.8 Å². The molecule has 1 atom stereocenters. The van der Waals surface area contributed by atoms with Crippen LogP contribution in [0.2, 0.25) is 0 Å². The molecule has 0 radical (unpaired) electrons. The lowest BCUT2D eigenvalue weighted by atomic mass is 9.85. The molecule has 1 aliphatic rings. The van der Waals surface area contributed by atoms with E-state index in [2.05, 4.69) is 6.08 Å². The molecule has 1 aromatic carbocycles. The molecule has 0 fully saturated rings. The highest BCUT2D eigenvalue weighted by Gasteiger charge is 2.35. The van der Waals surface area contributed by atoms with Crippen LogP contribution < -0.4 is 0 Å². The van der Waals surface area contributed by atoms with Gasteiger partial charge in [0.2, 0.25) is 11.6 Å². The second kappa shape index (κ2) is 18.6. The van der Waals surface area contributed by atoms with Gasteiger partial charge in [-0.1, -0.05) is 52.2 Å². The summed E-state index contributed by atoms with van der Waals surface area (Å²) in [5.41, 5.74) is 7.90. The van der Waals surface area contributed by atoms with Gasteiger partial charge < -0.3 is 24.8 Å². The number of furan rings is 1. The van der Waals surface area contributed by atoms with E-state index in [1.165, 1.54) is 0 Å². The molecule has 7 heteroatoms. The number of rotatable bonds is 16. The molecule has 0 spiro atoms. The Morgan fingerprint density at radius 3 is 2.04 bits per heavy atom. The Hall–Kier alpha value is -4.62. The first-order valence-corrected chi connectivity index (χ1v) is 17.8. The Balaban J connectivity index is 1.82. The molecule has 3 rings (SSSR count). The van der Waals surface area contributed by atoms with E-state index in [0.29, 0.717) is 36.3 Å². The average Bonchev–Trinajstić information content (AvgIpc) is 3.39. The first-order valence-electron chi connectivity index (χ1n) is 17.8. The van der Waals surface area contributed by atoms with Gasteiger partial charge in [0.1, 0.15) is 28.8 Å². The summed E-state index contributed by atoms with van der Waals surface area (Å²) in [7, 11) is 0. The van der Waals surface area contributed by atoms with Crippen molar-refractivity contribution in [3.05, 3.63) is 115 Å². The summed E-state index contributed by atoms with van der Waals surface area (Å²) in [4.78, 5) is 26.4. The van der Waals surface area contributed by atoms with E-state index in [4.69, 9.17) is 4.42 Å². The number of benzene rings is 1. The smallest absolute Gasteiger partial charge is 0.233 e. The van der Waals surface area contributed by atoms with Crippen molar-refractivity contribution in [1.82, 2.24) is 0 Å². The van der Waals surface area contributed by atoms with Crippen LogP contribution in [0.5, 0.6) is 11.5 Å². The van der Waals surface area contributed by atoms with E-state index in [9.17, 15) is 30.0 Å². The summed E-state index contributed by atoms with van der Waals surface area (Å²) in [6.07, 6.45) is 13.9. The van der Waals surface area contributed by atoms with Crippen LogP contribution in [0.3, 0.4) is 0 Å². The second-order valence-corrected chi connectivity index (χ2v) is 14.5. The Morgan fingerprint density at radius 1 is 0.784 bits per heavy atom. The third kappa shape index (κ3) is 11.7. The van der Waals surface area contributed by atoms with Crippen molar-refractivity contribution in [1.29, 1.82) is 0 Å². The van der Waals surface area contributed by atoms with Crippen LogP contribution in [0.15, 0.2) is 91.7 Å². The molecule has 51 heavy (non-hydrogen) atoms. The van der Waals surface area contributed by atoms with Crippen LogP contribution >= 0.6 is 0 Å². The number of carbonyl (C=O) groups is 2. The van der Waals surface area contributed by atoms with Crippen LogP contribution in [-0.2, 0) is 22.4 Å². The third-order valence-corrected chi connectivity index (χ3v) is 8.97.